The molecule has 9 nitrogen and oxygen atoms in total. The van der Waals surface area contributed by atoms with E-state index in [2.05, 4.69) is 32.4 Å². The van der Waals surface area contributed by atoms with Gasteiger partial charge in [0.1, 0.15) is 0 Å². The fourth-order valence-corrected chi connectivity index (χ4v) is 6.12. The highest BCUT2D eigenvalue weighted by Gasteiger charge is 2.32. The van der Waals surface area contributed by atoms with Crippen LogP contribution in [0.5, 0.6) is 0 Å². The van der Waals surface area contributed by atoms with E-state index >= 15 is 0 Å². The summed E-state index contributed by atoms with van der Waals surface area (Å²) in [6.45, 7) is 8.60. The smallest absolute Gasteiger partial charge is 0.339 e. The summed E-state index contributed by atoms with van der Waals surface area (Å²) in [4.78, 5) is 39.8. The minimum absolute atomic E-state index is 0.0296. The summed E-state index contributed by atoms with van der Waals surface area (Å²) in [7, 11) is 0. The summed E-state index contributed by atoms with van der Waals surface area (Å²) in [5, 5.41) is 8.07. The number of carbonyl (C=O) groups excluding carboxylic acids is 2. The third-order valence-electron chi connectivity index (χ3n) is 6.83. The molecule has 4 rings (SSSR count). The van der Waals surface area contributed by atoms with E-state index in [1.807, 2.05) is 19.1 Å². The molecule has 0 bridgehead atoms. The summed E-state index contributed by atoms with van der Waals surface area (Å²) < 4.78 is 6.08. The second-order valence-electron chi connectivity index (χ2n) is 9.51. The van der Waals surface area contributed by atoms with Crippen molar-refractivity contribution >= 4 is 50.2 Å². The topological polar surface area (TPSA) is 112 Å². The number of thiazole rings is 1. The number of nitrogens with zero attached hydrogens (tertiary/aromatic N) is 3. The Hall–Kier alpha value is -2.69. The minimum Gasteiger partial charge on any atom is -0.462 e. The first kappa shape index (κ1) is 28.3. The fraction of sp³-hybridized carbons (Fsp3) is 0.556. The number of anilines is 1. The predicted molar refractivity (Wildman–Crippen MR) is 153 cm³/mol. The number of benzene rings is 1. The number of esters is 1. The van der Waals surface area contributed by atoms with Crippen molar-refractivity contribution in [3.63, 3.8) is 0 Å². The molecular weight excluding hydrogens is 524 g/mol. The molecule has 3 aromatic rings. The monoisotopic (exact) mass is 560 g/mol. The molecule has 1 aliphatic rings. The maximum atomic E-state index is 13.0. The van der Waals surface area contributed by atoms with Crippen LogP contribution in [0.3, 0.4) is 0 Å². The SMILES string of the molecule is CCCCCCN[C@H]1CN(c2nc3cccc(C(=O)OCC)c3s2)CC[C@H]1NC(=O)c1nc(Cl)c(CC)[nH]1. The number of H-pyrrole nitrogens is 1. The Labute approximate surface area is 232 Å². The van der Waals surface area contributed by atoms with E-state index in [-0.39, 0.29) is 29.8 Å². The Balaban J connectivity index is 1.50. The lowest BCUT2D eigenvalue weighted by molar-refractivity contribution is 0.0528. The molecule has 38 heavy (non-hydrogen) atoms. The van der Waals surface area contributed by atoms with Crippen molar-refractivity contribution in [2.75, 3.05) is 31.1 Å². The molecule has 3 N–H and O–H groups in total. The lowest BCUT2D eigenvalue weighted by Crippen LogP contribution is -2.59. The van der Waals surface area contributed by atoms with Gasteiger partial charge in [0.15, 0.2) is 16.1 Å². The van der Waals surface area contributed by atoms with Crippen molar-refractivity contribution in [1.29, 1.82) is 0 Å². The molecule has 1 aliphatic heterocycles. The average molecular weight is 561 g/mol. The van der Waals surface area contributed by atoms with Crippen molar-refractivity contribution in [2.45, 2.75) is 71.4 Å². The number of aromatic nitrogens is 3. The van der Waals surface area contributed by atoms with E-state index in [0.717, 1.165) is 47.0 Å². The third kappa shape index (κ3) is 6.65. The van der Waals surface area contributed by atoms with E-state index in [4.69, 9.17) is 21.3 Å². The number of piperidine rings is 1. The normalized spacial score (nSPS) is 17.6. The largest absolute Gasteiger partial charge is 0.462 e. The zero-order valence-electron chi connectivity index (χ0n) is 22.3. The second-order valence-corrected chi connectivity index (χ2v) is 10.9. The fourth-order valence-electron chi connectivity index (χ4n) is 4.75. The summed E-state index contributed by atoms with van der Waals surface area (Å²) in [5.41, 5.74) is 2.09. The molecule has 0 saturated carbocycles. The molecule has 1 fully saturated rings. The van der Waals surface area contributed by atoms with Crippen LogP contribution in [0.2, 0.25) is 5.15 Å². The lowest BCUT2D eigenvalue weighted by Gasteiger charge is -2.39. The van der Waals surface area contributed by atoms with E-state index < -0.39 is 0 Å². The molecule has 206 valence electrons. The van der Waals surface area contributed by atoms with E-state index in [1.165, 1.54) is 30.6 Å². The van der Waals surface area contributed by atoms with Gasteiger partial charge in [-0.1, -0.05) is 62.1 Å². The molecule has 0 spiro atoms. The van der Waals surface area contributed by atoms with Gasteiger partial charge in [0.25, 0.3) is 5.91 Å². The first-order chi connectivity index (χ1) is 18.4. The number of halogens is 1. The molecule has 0 radical (unpaired) electrons. The molecule has 11 heteroatoms. The number of hydrogen-bond acceptors (Lipinski definition) is 8. The Morgan fingerprint density at radius 1 is 1.18 bits per heavy atom. The number of amides is 1. The van der Waals surface area contributed by atoms with E-state index in [0.29, 0.717) is 30.3 Å². The van der Waals surface area contributed by atoms with E-state index in [9.17, 15) is 9.59 Å². The molecule has 2 atom stereocenters. The number of carbonyl (C=O) groups is 2. The molecular formula is C27H37ClN6O3S. The molecule has 2 aromatic heterocycles. The number of hydrogen-bond donors (Lipinski definition) is 3. The standard InChI is InChI=1S/C27H37ClN6O3S/c1-4-7-8-9-14-29-21-16-34(15-13-19(21)31-25(35)24-30-18(5-2)23(28)33-24)27-32-20-12-10-11-17(22(20)38-27)26(36)37-6-3/h10-12,19,21,29H,4-9,13-16H2,1-3H3,(H,30,33)(H,31,35)/t19-,21+/m1/s1. The van der Waals surface area contributed by atoms with E-state index in [1.54, 1.807) is 13.0 Å². The summed E-state index contributed by atoms with van der Waals surface area (Å²) in [5.74, 6) is -0.332. The molecule has 0 aliphatic carbocycles. The van der Waals surface area contributed by atoms with Crippen LogP contribution in [0.4, 0.5) is 5.13 Å². The maximum absolute atomic E-state index is 13.0. The number of aryl methyl sites for hydroxylation is 1. The van der Waals surface area contributed by atoms with Gasteiger partial charge in [-0.2, -0.15) is 0 Å². The molecule has 1 saturated heterocycles. The van der Waals surface area contributed by atoms with Gasteiger partial charge >= 0.3 is 5.97 Å². The molecule has 1 amide bonds. The van der Waals surface area contributed by atoms with Gasteiger partial charge in [-0.3, -0.25) is 4.79 Å². The average Bonchev–Trinajstić information content (AvgIpc) is 3.52. The highest BCUT2D eigenvalue weighted by molar-refractivity contribution is 7.22. The number of nitrogens with one attached hydrogen (secondary N) is 3. The third-order valence-corrected chi connectivity index (χ3v) is 8.31. The van der Waals surface area contributed by atoms with Gasteiger partial charge in [0, 0.05) is 25.2 Å². The highest BCUT2D eigenvalue weighted by atomic mass is 35.5. The number of fused-ring (bicyclic) bond motifs is 1. The predicted octanol–water partition coefficient (Wildman–Crippen LogP) is 4.96. The molecule has 3 heterocycles. The van der Waals surface area contributed by atoms with Gasteiger partial charge in [-0.05, 0) is 44.9 Å². The van der Waals surface area contributed by atoms with Crippen LogP contribution in [0.25, 0.3) is 10.2 Å². The van der Waals surface area contributed by atoms with Crippen molar-refractivity contribution in [3.05, 3.63) is 40.4 Å². The van der Waals surface area contributed by atoms with Gasteiger partial charge in [-0.25, -0.2) is 14.8 Å². The van der Waals surface area contributed by atoms with Crippen LogP contribution in [-0.2, 0) is 11.2 Å². The number of unbranched alkanes of at least 4 members (excludes halogenated alkanes) is 3. The van der Waals surface area contributed by atoms with Crippen LogP contribution >= 0.6 is 22.9 Å². The van der Waals surface area contributed by atoms with Gasteiger partial charge in [0.2, 0.25) is 0 Å². The minimum atomic E-state index is -0.328. The van der Waals surface area contributed by atoms with Crippen molar-refractivity contribution in [1.82, 2.24) is 25.6 Å². The first-order valence-electron chi connectivity index (χ1n) is 13.5. The number of ether oxygens (including phenoxy) is 1. The van der Waals surface area contributed by atoms with Crippen LogP contribution in [0.15, 0.2) is 18.2 Å². The number of rotatable bonds is 12. The Bertz CT molecular complexity index is 1240. The summed E-state index contributed by atoms with van der Waals surface area (Å²) >= 11 is 7.67. The van der Waals surface area contributed by atoms with Gasteiger partial charge in [-0.15, -0.1) is 0 Å². The molecule has 1 aromatic carbocycles. The second kappa shape index (κ2) is 13.4. The van der Waals surface area contributed by atoms with Crippen molar-refractivity contribution in [2.24, 2.45) is 0 Å². The van der Waals surface area contributed by atoms with Crippen LogP contribution in [-0.4, -0.2) is 65.2 Å². The zero-order valence-corrected chi connectivity index (χ0v) is 23.9. The summed E-state index contributed by atoms with van der Waals surface area (Å²) in [6, 6.07) is 5.51. The molecule has 0 unspecified atom stereocenters. The van der Waals surface area contributed by atoms with Gasteiger partial charge in [0.05, 0.1) is 28.1 Å². The summed E-state index contributed by atoms with van der Waals surface area (Å²) in [6.07, 6.45) is 6.09. The number of aromatic amines is 1. The van der Waals surface area contributed by atoms with Crippen LogP contribution in [0, 0.1) is 0 Å². The van der Waals surface area contributed by atoms with Crippen LogP contribution < -0.4 is 15.5 Å². The Morgan fingerprint density at radius 3 is 2.76 bits per heavy atom. The highest BCUT2D eigenvalue weighted by Crippen LogP contribution is 2.33. The lowest BCUT2D eigenvalue weighted by atomic mass is 9.99. The first-order valence-corrected chi connectivity index (χ1v) is 14.7. The quantitative estimate of drug-likeness (QED) is 0.212. The van der Waals surface area contributed by atoms with Crippen molar-refractivity contribution in [3.8, 4) is 0 Å². The van der Waals surface area contributed by atoms with Crippen LogP contribution in [0.1, 0.15) is 79.5 Å². The maximum Gasteiger partial charge on any atom is 0.339 e. The zero-order chi connectivity index (χ0) is 27.1. The van der Waals surface area contributed by atoms with Gasteiger partial charge < -0.3 is 25.3 Å². The van der Waals surface area contributed by atoms with Crippen molar-refractivity contribution < 1.29 is 14.3 Å². The number of imidazole rings is 1. The Morgan fingerprint density at radius 2 is 2.03 bits per heavy atom. The Kier molecular flexibility index (Phi) is 9.98.